The molecular formula is C13H14N2O2. The van der Waals surface area contributed by atoms with Gasteiger partial charge in [0.2, 0.25) is 5.88 Å². The first-order valence-corrected chi connectivity index (χ1v) is 5.23. The fraction of sp³-hybridized carbons (Fsp3) is 0.154. The van der Waals surface area contributed by atoms with Gasteiger partial charge in [-0.1, -0.05) is 0 Å². The predicted octanol–water partition coefficient (Wildman–Crippen LogP) is 2.77. The summed E-state index contributed by atoms with van der Waals surface area (Å²) in [5.41, 5.74) is 7.45. The summed E-state index contributed by atoms with van der Waals surface area (Å²) < 4.78 is 10.7. The molecule has 0 aliphatic carbocycles. The molecular weight excluding hydrogens is 216 g/mol. The van der Waals surface area contributed by atoms with Crippen LogP contribution in [-0.4, -0.2) is 12.1 Å². The Bertz CT molecular complexity index is 527. The van der Waals surface area contributed by atoms with Crippen LogP contribution in [0.15, 0.2) is 36.5 Å². The third-order valence-corrected chi connectivity index (χ3v) is 2.33. The fourth-order valence-corrected chi connectivity index (χ4v) is 1.41. The third kappa shape index (κ3) is 2.66. The van der Waals surface area contributed by atoms with Crippen molar-refractivity contribution in [3.05, 3.63) is 42.1 Å². The minimum Gasteiger partial charge on any atom is -0.497 e. The first-order chi connectivity index (χ1) is 8.19. The van der Waals surface area contributed by atoms with Crippen molar-refractivity contribution in [1.82, 2.24) is 4.98 Å². The number of anilines is 1. The number of methoxy groups -OCH3 is 1. The van der Waals surface area contributed by atoms with Crippen molar-refractivity contribution < 1.29 is 9.47 Å². The smallest absolute Gasteiger partial charge is 0.219 e. The summed E-state index contributed by atoms with van der Waals surface area (Å²) in [5.74, 6) is 1.76. The van der Waals surface area contributed by atoms with Crippen molar-refractivity contribution >= 4 is 5.69 Å². The van der Waals surface area contributed by atoms with Crippen molar-refractivity contribution in [2.45, 2.75) is 6.92 Å². The monoisotopic (exact) mass is 230 g/mol. The Balaban J connectivity index is 2.29. The lowest BCUT2D eigenvalue weighted by Gasteiger charge is -2.09. The van der Waals surface area contributed by atoms with Crippen LogP contribution in [0.5, 0.6) is 17.4 Å². The molecule has 0 radical (unpaired) electrons. The Kier molecular flexibility index (Phi) is 3.14. The molecule has 1 aromatic carbocycles. The summed E-state index contributed by atoms with van der Waals surface area (Å²) in [6.07, 6.45) is 1.70. The van der Waals surface area contributed by atoms with Crippen LogP contribution >= 0.6 is 0 Å². The van der Waals surface area contributed by atoms with Crippen molar-refractivity contribution in [2.75, 3.05) is 12.8 Å². The molecule has 1 heterocycles. The average Bonchev–Trinajstić information content (AvgIpc) is 2.32. The minimum absolute atomic E-state index is 0.518. The van der Waals surface area contributed by atoms with Crippen LogP contribution < -0.4 is 15.2 Å². The lowest BCUT2D eigenvalue weighted by molar-refractivity contribution is 0.408. The zero-order chi connectivity index (χ0) is 12.3. The van der Waals surface area contributed by atoms with Crippen LogP contribution in [0.3, 0.4) is 0 Å². The van der Waals surface area contributed by atoms with E-state index in [1.54, 1.807) is 31.5 Å². The average molecular weight is 230 g/mol. The molecule has 2 rings (SSSR count). The zero-order valence-electron chi connectivity index (χ0n) is 9.81. The normalized spacial score (nSPS) is 10.0. The quantitative estimate of drug-likeness (QED) is 0.824. The number of pyridine rings is 1. The summed E-state index contributed by atoms with van der Waals surface area (Å²) in [6.45, 7) is 1.98. The van der Waals surface area contributed by atoms with Gasteiger partial charge in [0.1, 0.15) is 5.75 Å². The highest BCUT2D eigenvalue weighted by atomic mass is 16.5. The topological polar surface area (TPSA) is 57.4 Å². The maximum atomic E-state index is 5.82. The number of aryl methyl sites for hydroxylation is 1. The van der Waals surface area contributed by atoms with Crippen LogP contribution in [0.1, 0.15) is 5.56 Å². The Morgan fingerprint density at radius 3 is 2.71 bits per heavy atom. The van der Waals surface area contributed by atoms with Crippen LogP contribution in [0.25, 0.3) is 0 Å². The number of hydrogen-bond acceptors (Lipinski definition) is 4. The van der Waals surface area contributed by atoms with Gasteiger partial charge in [-0.2, -0.15) is 0 Å². The first kappa shape index (κ1) is 11.3. The highest BCUT2D eigenvalue weighted by Crippen LogP contribution is 2.30. The second kappa shape index (κ2) is 4.74. The SMILES string of the molecule is COc1ccc(N)c(Oc2cc(C)ccn2)c1. The molecule has 0 saturated carbocycles. The number of benzene rings is 1. The molecule has 1 aromatic heterocycles. The van der Waals surface area contributed by atoms with Gasteiger partial charge in [0, 0.05) is 18.3 Å². The van der Waals surface area contributed by atoms with E-state index in [1.165, 1.54) is 0 Å². The predicted molar refractivity (Wildman–Crippen MR) is 66.5 cm³/mol. The summed E-state index contributed by atoms with van der Waals surface area (Å²) in [6, 6.07) is 9.01. The standard InChI is InChI=1S/C13H14N2O2/c1-9-5-6-15-13(7-9)17-12-8-10(16-2)3-4-11(12)14/h3-8H,14H2,1-2H3. The number of aromatic nitrogens is 1. The van der Waals surface area contributed by atoms with E-state index < -0.39 is 0 Å². The highest BCUT2D eigenvalue weighted by Gasteiger charge is 2.05. The Morgan fingerprint density at radius 2 is 2.00 bits per heavy atom. The van der Waals surface area contributed by atoms with Gasteiger partial charge >= 0.3 is 0 Å². The van der Waals surface area contributed by atoms with Gasteiger partial charge in [-0.3, -0.25) is 0 Å². The van der Waals surface area contributed by atoms with Crippen LogP contribution in [0.4, 0.5) is 5.69 Å². The molecule has 17 heavy (non-hydrogen) atoms. The minimum atomic E-state index is 0.518. The van der Waals surface area contributed by atoms with E-state index in [1.807, 2.05) is 19.1 Å². The lowest BCUT2D eigenvalue weighted by Crippen LogP contribution is -1.94. The number of hydrogen-bond donors (Lipinski definition) is 1. The van der Waals surface area contributed by atoms with E-state index in [9.17, 15) is 0 Å². The van der Waals surface area contributed by atoms with Gasteiger partial charge in [0.15, 0.2) is 5.75 Å². The molecule has 0 atom stereocenters. The highest BCUT2D eigenvalue weighted by molar-refractivity contribution is 5.56. The van der Waals surface area contributed by atoms with Gasteiger partial charge in [0.25, 0.3) is 0 Å². The third-order valence-electron chi connectivity index (χ3n) is 2.33. The Labute approximate surface area is 100 Å². The van der Waals surface area contributed by atoms with Crippen LogP contribution in [-0.2, 0) is 0 Å². The molecule has 0 aliphatic rings. The zero-order valence-corrected chi connectivity index (χ0v) is 9.81. The van der Waals surface area contributed by atoms with E-state index >= 15 is 0 Å². The van der Waals surface area contributed by atoms with Gasteiger partial charge in [-0.05, 0) is 30.7 Å². The molecule has 0 saturated heterocycles. The molecule has 4 heteroatoms. The van der Waals surface area contributed by atoms with Gasteiger partial charge in [-0.25, -0.2) is 4.98 Å². The molecule has 2 aromatic rings. The Morgan fingerprint density at radius 1 is 1.18 bits per heavy atom. The van der Waals surface area contributed by atoms with E-state index in [4.69, 9.17) is 15.2 Å². The summed E-state index contributed by atoms with van der Waals surface area (Å²) in [5, 5.41) is 0. The molecule has 2 N–H and O–H groups in total. The van der Waals surface area contributed by atoms with Crippen molar-refractivity contribution in [1.29, 1.82) is 0 Å². The summed E-state index contributed by atoms with van der Waals surface area (Å²) in [4.78, 5) is 4.11. The van der Waals surface area contributed by atoms with Crippen molar-refractivity contribution in [2.24, 2.45) is 0 Å². The van der Waals surface area contributed by atoms with Crippen molar-refractivity contribution in [3.8, 4) is 17.4 Å². The first-order valence-electron chi connectivity index (χ1n) is 5.23. The molecule has 0 spiro atoms. The molecule has 0 aliphatic heterocycles. The van der Waals surface area contributed by atoms with Crippen LogP contribution in [0, 0.1) is 6.92 Å². The number of ether oxygens (including phenoxy) is 2. The number of rotatable bonds is 3. The van der Waals surface area contributed by atoms with Gasteiger partial charge < -0.3 is 15.2 Å². The maximum absolute atomic E-state index is 5.82. The lowest BCUT2D eigenvalue weighted by atomic mass is 10.3. The Hall–Kier alpha value is -2.23. The molecule has 4 nitrogen and oxygen atoms in total. The molecule has 0 fully saturated rings. The van der Waals surface area contributed by atoms with E-state index in [-0.39, 0.29) is 0 Å². The summed E-state index contributed by atoms with van der Waals surface area (Å²) in [7, 11) is 1.60. The second-order valence-corrected chi connectivity index (χ2v) is 3.68. The number of nitrogen functional groups attached to an aromatic ring is 1. The molecule has 0 unspecified atom stereocenters. The molecule has 0 amide bonds. The largest absolute Gasteiger partial charge is 0.497 e. The fourth-order valence-electron chi connectivity index (χ4n) is 1.41. The maximum Gasteiger partial charge on any atom is 0.219 e. The van der Waals surface area contributed by atoms with Gasteiger partial charge in [0.05, 0.1) is 12.8 Å². The molecule has 88 valence electrons. The van der Waals surface area contributed by atoms with Crippen molar-refractivity contribution in [3.63, 3.8) is 0 Å². The van der Waals surface area contributed by atoms with E-state index in [2.05, 4.69) is 4.98 Å². The second-order valence-electron chi connectivity index (χ2n) is 3.68. The molecule has 0 bridgehead atoms. The van der Waals surface area contributed by atoms with Crippen LogP contribution in [0.2, 0.25) is 0 Å². The van der Waals surface area contributed by atoms with Gasteiger partial charge in [-0.15, -0.1) is 0 Å². The number of nitrogens with zero attached hydrogens (tertiary/aromatic N) is 1. The van der Waals surface area contributed by atoms with E-state index in [0.29, 0.717) is 23.1 Å². The van der Waals surface area contributed by atoms with E-state index in [0.717, 1.165) is 5.56 Å². The summed E-state index contributed by atoms with van der Waals surface area (Å²) >= 11 is 0. The number of nitrogens with two attached hydrogens (primary N) is 1.